The van der Waals surface area contributed by atoms with Crippen molar-refractivity contribution in [3.8, 4) is 0 Å². The van der Waals surface area contributed by atoms with E-state index in [1.807, 2.05) is 12.1 Å². The molecule has 4 nitrogen and oxygen atoms in total. The summed E-state index contributed by atoms with van der Waals surface area (Å²) in [6, 6.07) is 3.88. The van der Waals surface area contributed by atoms with E-state index in [9.17, 15) is 0 Å². The number of aromatic nitrogens is 2. The Morgan fingerprint density at radius 3 is 2.79 bits per heavy atom. The van der Waals surface area contributed by atoms with E-state index in [-0.39, 0.29) is 0 Å². The molecule has 0 amide bonds. The number of piperazine rings is 1. The van der Waals surface area contributed by atoms with Crippen LogP contribution in [0, 0.1) is 4.64 Å². The first-order valence-corrected chi connectivity index (χ1v) is 5.23. The summed E-state index contributed by atoms with van der Waals surface area (Å²) in [6.45, 7) is 5.24. The predicted molar refractivity (Wildman–Crippen MR) is 57.6 cm³/mol. The van der Waals surface area contributed by atoms with Gasteiger partial charge in [0.15, 0.2) is 0 Å². The summed E-state index contributed by atoms with van der Waals surface area (Å²) in [5.41, 5.74) is 1.06. The fraction of sp³-hybridized carbons (Fsp3) is 0.556. The summed E-state index contributed by atoms with van der Waals surface area (Å²) in [5.74, 6) is 0. The first-order valence-electron chi connectivity index (χ1n) is 4.82. The summed E-state index contributed by atoms with van der Waals surface area (Å²) in [4.78, 5) is 2.38. The van der Waals surface area contributed by atoms with E-state index in [1.54, 1.807) is 0 Å². The van der Waals surface area contributed by atoms with Gasteiger partial charge in [-0.1, -0.05) is 12.2 Å². The number of rotatable bonds is 2. The fourth-order valence-corrected chi connectivity index (χ4v) is 1.67. The second-order valence-electron chi connectivity index (χ2n) is 3.44. The molecule has 0 bridgehead atoms. The maximum atomic E-state index is 4.93. The van der Waals surface area contributed by atoms with Gasteiger partial charge in [0.05, 0.1) is 5.69 Å². The Balaban J connectivity index is 1.96. The van der Waals surface area contributed by atoms with Crippen LogP contribution in [0.2, 0.25) is 0 Å². The minimum Gasteiger partial charge on any atom is -0.314 e. The largest absolute Gasteiger partial charge is 0.314 e. The van der Waals surface area contributed by atoms with E-state index in [4.69, 9.17) is 12.2 Å². The Morgan fingerprint density at radius 2 is 2.14 bits per heavy atom. The molecule has 5 heteroatoms. The molecule has 0 radical (unpaired) electrons. The molecule has 76 valence electrons. The van der Waals surface area contributed by atoms with Crippen LogP contribution < -0.4 is 5.32 Å². The third kappa shape index (κ3) is 2.60. The molecule has 1 aromatic heterocycles. The molecule has 0 spiro atoms. The number of hydrogen-bond donors (Lipinski definition) is 2. The Morgan fingerprint density at radius 1 is 1.36 bits per heavy atom. The van der Waals surface area contributed by atoms with Crippen LogP contribution in [-0.2, 0) is 6.54 Å². The van der Waals surface area contributed by atoms with Gasteiger partial charge in [-0.25, -0.2) is 0 Å². The Kier molecular flexibility index (Phi) is 3.23. The third-order valence-electron chi connectivity index (χ3n) is 2.33. The van der Waals surface area contributed by atoms with E-state index < -0.39 is 0 Å². The van der Waals surface area contributed by atoms with Crippen LogP contribution in [0.25, 0.3) is 0 Å². The van der Waals surface area contributed by atoms with Gasteiger partial charge in [0.25, 0.3) is 0 Å². The zero-order chi connectivity index (χ0) is 9.80. The summed E-state index contributed by atoms with van der Waals surface area (Å²) >= 11 is 4.93. The van der Waals surface area contributed by atoms with Crippen LogP contribution >= 0.6 is 12.2 Å². The molecule has 0 unspecified atom stereocenters. The SMILES string of the molecule is S=c1ccc(CN2CCNCC2)n[nH]1. The topological polar surface area (TPSA) is 44.0 Å². The highest BCUT2D eigenvalue weighted by atomic mass is 32.1. The molecular formula is C9H14N4S. The molecule has 1 saturated heterocycles. The van der Waals surface area contributed by atoms with E-state index in [0.717, 1.165) is 38.4 Å². The normalized spacial score (nSPS) is 18.3. The molecule has 1 aliphatic rings. The van der Waals surface area contributed by atoms with Crippen molar-refractivity contribution >= 4 is 12.2 Å². The number of hydrogen-bond acceptors (Lipinski definition) is 4. The predicted octanol–water partition coefficient (Wildman–Crippen LogP) is 0.544. The molecule has 0 saturated carbocycles. The van der Waals surface area contributed by atoms with Crippen LogP contribution in [-0.4, -0.2) is 41.3 Å². The van der Waals surface area contributed by atoms with E-state index in [0.29, 0.717) is 4.64 Å². The lowest BCUT2D eigenvalue weighted by atomic mass is 10.3. The highest BCUT2D eigenvalue weighted by molar-refractivity contribution is 7.71. The van der Waals surface area contributed by atoms with Crippen molar-refractivity contribution in [3.63, 3.8) is 0 Å². The molecule has 0 aromatic carbocycles. The van der Waals surface area contributed by atoms with Crippen LogP contribution in [0.5, 0.6) is 0 Å². The van der Waals surface area contributed by atoms with Gasteiger partial charge in [-0.05, 0) is 12.1 Å². The summed E-state index contributed by atoms with van der Waals surface area (Å²) in [7, 11) is 0. The lowest BCUT2D eigenvalue weighted by Crippen LogP contribution is -2.43. The zero-order valence-corrected chi connectivity index (χ0v) is 8.81. The summed E-state index contributed by atoms with van der Waals surface area (Å²) < 4.78 is 0.689. The van der Waals surface area contributed by atoms with E-state index >= 15 is 0 Å². The number of aromatic amines is 1. The maximum absolute atomic E-state index is 4.93. The minimum atomic E-state index is 0.689. The summed E-state index contributed by atoms with van der Waals surface area (Å²) in [5, 5.41) is 10.3. The number of H-pyrrole nitrogens is 1. The first kappa shape index (κ1) is 9.76. The van der Waals surface area contributed by atoms with Gasteiger partial charge in [-0.2, -0.15) is 5.10 Å². The zero-order valence-electron chi connectivity index (χ0n) is 7.99. The van der Waals surface area contributed by atoms with Gasteiger partial charge >= 0.3 is 0 Å². The van der Waals surface area contributed by atoms with Gasteiger partial charge in [0.2, 0.25) is 0 Å². The van der Waals surface area contributed by atoms with Crippen molar-refractivity contribution < 1.29 is 0 Å². The standard InChI is InChI=1S/C9H14N4S/c14-9-2-1-8(11-12-9)7-13-5-3-10-4-6-13/h1-2,10H,3-7H2,(H,12,14). The van der Waals surface area contributed by atoms with Crippen molar-refractivity contribution in [2.24, 2.45) is 0 Å². The Labute approximate surface area is 88.3 Å². The first-order chi connectivity index (χ1) is 6.84. The number of nitrogens with one attached hydrogen (secondary N) is 2. The molecule has 0 atom stereocenters. The fourth-order valence-electron chi connectivity index (χ4n) is 1.56. The molecule has 14 heavy (non-hydrogen) atoms. The van der Waals surface area contributed by atoms with Crippen LogP contribution in [0.15, 0.2) is 12.1 Å². The van der Waals surface area contributed by atoms with Crippen molar-refractivity contribution in [1.82, 2.24) is 20.4 Å². The van der Waals surface area contributed by atoms with Gasteiger partial charge in [0, 0.05) is 32.7 Å². The molecular weight excluding hydrogens is 196 g/mol. The Bertz CT molecular complexity index is 322. The quantitative estimate of drug-likeness (QED) is 0.700. The lowest BCUT2D eigenvalue weighted by molar-refractivity contribution is 0.230. The number of nitrogens with zero attached hydrogens (tertiary/aromatic N) is 2. The highest BCUT2D eigenvalue weighted by Crippen LogP contribution is 2.01. The average Bonchev–Trinajstić information content (AvgIpc) is 2.23. The van der Waals surface area contributed by atoms with Crippen molar-refractivity contribution in [1.29, 1.82) is 0 Å². The maximum Gasteiger partial charge on any atom is 0.119 e. The Hall–Kier alpha value is -0.780. The van der Waals surface area contributed by atoms with Crippen LogP contribution in [0.1, 0.15) is 5.69 Å². The van der Waals surface area contributed by atoms with Gasteiger partial charge in [0.1, 0.15) is 4.64 Å². The molecule has 1 aliphatic heterocycles. The second-order valence-corrected chi connectivity index (χ2v) is 3.88. The second kappa shape index (κ2) is 4.63. The van der Waals surface area contributed by atoms with Gasteiger partial charge in [-0.3, -0.25) is 10.00 Å². The third-order valence-corrected chi connectivity index (χ3v) is 2.56. The summed E-state index contributed by atoms with van der Waals surface area (Å²) in [6.07, 6.45) is 0. The molecule has 0 aliphatic carbocycles. The molecule has 2 N–H and O–H groups in total. The highest BCUT2D eigenvalue weighted by Gasteiger charge is 2.09. The van der Waals surface area contributed by atoms with Crippen LogP contribution in [0.4, 0.5) is 0 Å². The van der Waals surface area contributed by atoms with Crippen molar-refractivity contribution in [2.45, 2.75) is 6.54 Å². The average molecular weight is 210 g/mol. The molecule has 2 heterocycles. The smallest absolute Gasteiger partial charge is 0.119 e. The molecule has 1 fully saturated rings. The molecule has 2 rings (SSSR count). The van der Waals surface area contributed by atoms with Gasteiger partial charge < -0.3 is 5.32 Å². The van der Waals surface area contributed by atoms with E-state index in [2.05, 4.69) is 20.4 Å². The minimum absolute atomic E-state index is 0.689. The van der Waals surface area contributed by atoms with E-state index in [1.165, 1.54) is 0 Å². The van der Waals surface area contributed by atoms with Crippen molar-refractivity contribution in [2.75, 3.05) is 26.2 Å². The molecule has 1 aromatic rings. The lowest BCUT2D eigenvalue weighted by Gasteiger charge is -2.26. The van der Waals surface area contributed by atoms with Crippen molar-refractivity contribution in [3.05, 3.63) is 22.5 Å². The monoisotopic (exact) mass is 210 g/mol. The van der Waals surface area contributed by atoms with Crippen LogP contribution in [0.3, 0.4) is 0 Å². The van der Waals surface area contributed by atoms with Gasteiger partial charge in [-0.15, -0.1) is 0 Å².